The number of hydrogen-bond acceptors (Lipinski definition) is 4. The molecule has 0 fully saturated rings. The first-order valence-electron chi connectivity index (χ1n) is 5.93. The Hall–Kier alpha value is -1.26. The molecule has 0 aromatic heterocycles. The van der Waals surface area contributed by atoms with Crippen molar-refractivity contribution in [2.45, 2.75) is 19.4 Å². The third-order valence-corrected chi connectivity index (χ3v) is 2.39. The van der Waals surface area contributed by atoms with E-state index in [0.717, 1.165) is 18.7 Å². The summed E-state index contributed by atoms with van der Waals surface area (Å²) in [6, 6.07) is 7.43. The van der Waals surface area contributed by atoms with Crippen LogP contribution in [0.5, 0.6) is 5.75 Å². The van der Waals surface area contributed by atoms with Gasteiger partial charge in [0.25, 0.3) is 0 Å². The first-order valence-corrected chi connectivity index (χ1v) is 5.93. The highest BCUT2D eigenvalue weighted by Crippen LogP contribution is 2.14. The van der Waals surface area contributed by atoms with Gasteiger partial charge in [0.05, 0.1) is 12.7 Å². The number of likely N-dealkylation sites (N-methyl/N-ethyl adjacent to an activating group) is 1. The molecule has 0 aliphatic heterocycles. The molecule has 0 saturated carbocycles. The highest BCUT2D eigenvalue weighted by Gasteiger charge is 2.02. The minimum absolute atomic E-state index is 0.283. The van der Waals surface area contributed by atoms with Crippen LogP contribution in [0.25, 0.3) is 0 Å². The molecule has 0 aliphatic rings. The molecule has 0 spiro atoms. The minimum Gasteiger partial charge on any atom is -0.493 e. The van der Waals surface area contributed by atoms with E-state index in [9.17, 15) is 5.11 Å². The van der Waals surface area contributed by atoms with Gasteiger partial charge in [-0.1, -0.05) is 6.07 Å². The molecule has 0 aliphatic carbocycles. The van der Waals surface area contributed by atoms with E-state index in [1.54, 1.807) is 6.92 Å². The summed E-state index contributed by atoms with van der Waals surface area (Å²) in [5, 5.41) is 9.20. The highest BCUT2D eigenvalue weighted by atomic mass is 16.5. The Morgan fingerprint density at radius 3 is 2.88 bits per heavy atom. The van der Waals surface area contributed by atoms with Crippen LogP contribution in [0.15, 0.2) is 24.3 Å². The molecule has 0 bridgehead atoms. The van der Waals surface area contributed by atoms with Crippen molar-refractivity contribution in [1.82, 2.24) is 4.90 Å². The van der Waals surface area contributed by atoms with Crippen molar-refractivity contribution >= 4 is 5.69 Å². The molecule has 3 N–H and O–H groups in total. The van der Waals surface area contributed by atoms with Crippen LogP contribution in [-0.2, 0) is 0 Å². The normalized spacial score (nSPS) is 12.7. The fraction of sp³-hybridized carbons (Fsp3) is 0.538. The summed E-state index contributed by atoms with van der Waals surface area (Å²) in [5.41, 5.74) is 6.37. The van der Waals surface area contributed by atoms with Gasteiger partial charge in [-0.05, 0) is 32.5 Å². The summed E-state index contributed by atoms with van der Waals surface area (Å²) in [5.74, 6) is 0.808. The molecule has 96 valence electrons. The van der Waals surface area contributed by atoms with Gasteiger partial charge in [-0.25, -0.2) is 0 Å². The summed E-state index contributed by atoms with van der Waals surface area (Å²) in [6.07, 6.45) is 0.646. The molecular formula is C13H22N2O2. The standard InChI is InChI=1S/C13H22N2O2/c1-11(16)10-15(2)7-4-8-17-13-6-3-5-12(14)9-13/h3,5-6,9,11,16H,4,7-8,10,14H2,1-2H3. The predicted molar refractivity (Wildman–Crippen MR) is 70.1 cm³/mol. The van der Waals surface area contributed by atoms with Crippen molar-refractivity contribution < 1.29 is 9.84 Å². The van der Waals surface area contributed by atoms with E-state index < -0.39 is 0 Å². The predicted octanol–water partition coefficient (Wildman–Crippen LogP) is 1.35. The second-order valence-corrected chi connectivity index (χ2v) is 4.39. The van der Waals surface area contributed by atoms with E-state index in [1.807, 2.05) is 31.3 Å². The number of nitrogens with zero attached hydrogens (tertiary/aromatic N) is 1. The number of nitrogens with two attached hydrogens (primary N) is 1. The maximum Gasteiger partial charge on any atom is 0.121 e. The Morgan fingerprint density at radius 1 is 1.47 bits per heavy atom. The Bertz CT molecular complexity index is 329. The van der Waals surface area contributed by atoms with Crippen LogP contribution in [0.2, 0.25) is 0 Å². The lowest BCUT2D eigenvalue weighted by Crippen LogP contribution is -2.28. The summed E-state index contributed by atoms with van der Waals surface area (Å²) in [7, 11) is 1.99. The Balaban J connectivity index is 2.16. The molecular weight excluding hydrogens is 216 g/mol. The smallest absolute Gasteiger partial charge is 0.121 e. The molecule has 1 rings (SSSR count). The molecule has 0 saturated heterocycles. The molecule has 0 heterocycles. The van der Waals surface area contributed by atoms with Crippen LogP contribution in [0, 0.1) is 0 Å². The fourth-order valence-corrected chi connectivity index (χ4v) is 1.67. The van der Waals surface area contributed by atoms with Gasteiger partial charge in [0.1, 0.15) is 5.75 Å². The van der Waals surface area contributed by atoms with Gasteiger partial charge < -0.3 is 20.5 Å². The van der Waals surface area contributed by atoms with Crippen molar-refractivity contribution in [3.05, 3.63) is 24.3 Å². The number of rotatable bonds is 7. The topological polar surface area (TPSA) is 58.7 Å². The van der Waals surface area contributed by atoms with E-state index >= 15 is 0 Å². The van der Waals surface area contributed by atoms with E-state index in [4.69, 9.17) is 10.5 Å². The molecule has 17 heavy (non-hydrogen) atoms. The Labute approximate surface area is 103 Å². The van der Waals surface area contributed by atoms with Gasteiger partial charge >= 0.3 is 0 Å². The van der Waals surface area contributed by atoms with Crippen LogP contribution >= 0.6 is 0 Å². The van der Waals surface area contributed by atoms with Crippen LogP contribution in [0.3, 0.4) is 0 Å². The first-order chi connectivity index (χ1) is 8.08. The van der Waals surface area contributed by atoms with Gasteiger partial charge in [-0.3, -0.25) is 0 Å². The third kappa shape index (κ3) is 6.14. The van der Waals surface area contributed by atoms with E-state index in [-0.39, 0.29) is 6.10 Å². The maximum atomic E-state index is 9.20. The molecule has 1 aromatic rings. The van der Waals surface area contributed by atoms with Gasteiger partial charge in [-0.2, -0.15) is 0 Å². The Kier molecular flexibility index (Phi) is 5.80. The number of hydrogen-bond donors (Lipinski definition) is 2. The highest BCUT2D eigenvalue weighted by molar-refractivity contribution is 5.43. The van der Waals surface area contributed by atoms with Crippen LogP contribution in [-0.4, -0.2) is 42.9 Å². The molecule has 1 unspecified atom stereocenters. The van der Waals surface area contributed by atoms with Gasteiger partial charge in [-0.15, -0.1) is 0 Å². The summed E-state index contributed by atoms with van der Waals surface area (Å²) < 4.78 is 5.57. The first kappa shape index (κ1) is 13.8. The lowest BCUT2D eigenvalue weighted by atomic mass is 10.3. The number of ether oxygens (including phenoxy) is 1. The number of anilines is 1. The van der Waals surface area contributed by atoms with Crippen molar-refractivity contribution in [2.24, 2.45) is 0 Å². The van der Waals surface area contributed by atoms with E-state index in [2.05, 4.69) is 4.90 Å². The van der Waals surface area contributed by atoms with Crippen molar-refractivity contribution in [2.75, 3.05) is 32.5 Å². The average molecular weight is 238 g/mol. The lowest BCUT2D eigenvalue weighted by Gasteiger charge is -2.18. The van der Waals surface area contributed by atoms with Gasteiger partial charge in [0, 0.05) is 24.8 Å². The Morgan fingerprint density at radius 2 is 2.24 bits per heavy atom. The summed E-state index contributed by atoms with van der Waals surface area (Å²) >= 11 is 0. The van der Waals surface area contributed by atoms with Crippen molar-refractivity contribution in [3.8, 4) is 5.75 Å². The van der Waals surface area contributed by atoms with Crippen LogP contribution in [0.4, 0.5) is 5.69 Å². The zero-order valence-corrected chi connectivity index (χ0v) is 10.6. The SMILES string of the molecule is CC(O)CN(C)CCCOc1cccc(N)c1. The number of aliphatic hydroxyl groups is 1. The van der Waals surface area contributed by atoms with Crippen molar-refractivity contribution in [3.63, 3.8) is 0 Å². The molecule has 4 nitrogen and oxygen atoms in total. The van der Waals surface area contributed by atoms with Crippen LogP contribution in [0.1, 0.15) is 13.3 Å². The molecule has 1 aromatic carbocycles. The number of aliphatic hydroxyl groups excluding tert-OH is 1. The zero-order chi connectivity index (χ0) is 12.7. The van der Waals surface area contributed by atoms with Gasteiger partial charge in [0.15, 0.2) is 0 Å². The lowest BCUT2D eigenvalue weighted by molar-refractivity contribution is 0.137. The zero-order valence-electron chi connectivity index (χ0n) is 10.6. The molecule has 1 atom stereocenters. The van der Waals surface area contributed by atoms with E-state index in [1.165, 1.54) is 0 Å². The largest absolute Gasteiger partial charge is 0.493 e. The average Bonchev–Trinajstić information content (AvgIpc) is 2.23. The summed E-state index contributed by atoms with van der Waals surface area (Å²) in [4.78, 5) is 2.09. The number of nitrogen functional groups attached to an aromatic ring is 1. The second kappa shape index (κ2) is 7.14. The maximum absolute atomic E-state index is 9.20. The molecule has 0 amide bonds. The quantitative estimate of drug-likeness (QED) is 0.556. The molecule has 4 heteroatoms. The fourth-order valence-electron chi connectivity index (χ4n) is 1.67. The third-order valence-electron chi connectivity index (χ3n) is 2.39. The monoisotopic (exact) mass is 238 g/mol. The van der Waals surface area contributed by atoms with Crippen molar-refractivity contribution in [1.29, 1.82) is 0 Å². The second-order valence-electron chi connectivity index (χ2n) is 4.39. The van der Waals surface area contributed by atoms with E-state index in [0.29, 0.717) is 18.8 Å². The van der Waals surface area contributed by atoms with Crippen LogP contribution < -0.4 is 10.5 Å². The van der Waals surface area contributed by atoms with Gasteiger partial charge in [0.2, 0.25) is 0 Å². The minimum atomic E-state index is -0.283. The molecule has 0 radical (unpaired) electrons. The summed E-state index contributed by atoms with van der Waals surface area (Å²) in [6.45, 7) is 4.05. The number of benzene rings is 1.